The van der Waals surface area contributed by atoms with Crippen molar-refractivity contribution in [2.45, 2.75) is 13.5 Å². The Bertz CT molecular complexity index is 1450. The number of hydrogen-bond donors (Lipinski definition) is 0. The van der Waals surface area contributed by atoms with Crippen molar-refractivity contribution in [2.24, 2.45) is 5.10 Å². The second kappa shape index (κ2) is 9.87. The van der Waals surface area contributed by atoms with E-state index in [1.54, 1.807) is 6.07 Å². The molecule has 186 valence electrons. The highest BCUT2D eigenvalue weighted by Crippen LogP contribution is 2.37. The van der Waals surface area contributed by atoms with Crippen LogP contribution in [0.15, 0.2) is 47.1 Å². The molecule has 3 aromatic carbocycles. The Labute approximate surface area is 210 Å². The molecule has 0 saturated heterocycles. The number of hydrazone groups is 1. The fourth-order valence-corrected chi connectivity index (χ4v) is 3.94. The minimum absolute atomic E-state index is 0.00217. The van der Waals surface area contributed by atoms with E-state index in [1.807, 2.05) is 0 Å². The Morgan fingerprint density at radius 1 is 0.944 bits per heavy atom. The molecule has 1 heterocycles. The molecule has 0 atom stereocenters. The van der Waals surface area contributed by atoms with Crippen LogP contribution < -0.4 is 9.75 Å². The van der Waals surface area contributed by atoms with E-state index in [0.29, 0.717) is 0 Å². The van der Waals surface area contributed by atoms with Crippen molar-refractivity contribution < 1.29 is 35.9 Å². The fourth-order valence-electron chi connectivity index (χ4n) is 3.38. The first kappa shape index (κ1) is 25.6. The number of nitrogens with zero attached hydrogens (tertiary/aromatic N) is 2. The van der Waals surface area contributed by atoms with Crippen LogP contribution in [0.25, 0.3) is 6.08 Å². The lowest BCUT2D eigenvalue weighted by atomic mass is 10.1. The monoisotopic (exact) mass is 544 g/mol. The number of halogens is 8. The third-order valence-electron chi connectivity index (χ3n) is 5.13. The SMILES string of the molecule is CC1=NN(c2c(F)c(F)c(F)c(F)c2F)C(=O)/C1=C\c1cc(Cl)cc(Cl)c1OCc1ccccc1F. The molecule has 0 saturated carbocycles. The summed E-state index contributed by atoms with van der Waals surface area (Å²) in [5, 5.41) is 3.87. The molecule has 12 heteroatoms. The molecule has 0 radical (unpaired) electrons. The summed E-state index contributed by atoms with van der Waals surface area (Å²) in [6.07, 6.45) is 1.17. The van der Waals surface area contributed by atoms with Crippen LogP contribution >= 0.6 is 23.2 Å². The van der Waals surface area contributed by atoms with Gasteiger partial charge in [-0.05, 0) is 31.2 Å². The Balaban J connectivity index is 1.74. The van der Waals surface area contributed by atoms with E-state index >= 15 is 0 Å². The van der Waals surface area contributed by atoms with Crippen LogP contribution in [0.5, 0.6) is 5.75 Å². The van der Waals surface area contributed by atoms with Crippen LogP contribution in [0.4, 0.5) is 32.0 Å². The van der Waals surface area contributed by atoms with Crippen LogP contribution in [0.1, 0.15) is 18.1 Å². The molecule has 0 spiro atoms. The van der Waals surface area contributed by atoms with Crippen molar-refractivity contribution in [2.75, 3.05) is 5.01 Å². The molecule has 4 nitrogen and oxygen atoms in total. The van der Waals surface area contributed by atoms with E-state index < -0.39 is 46.5 Å². The summed E-state index contributed by atoms with van der Waals surface area (Å²) in [6, 6.07) is 8.48. The number of carbonyl (C=O) groups is 1. The van der Waals surface area contributed by atoms with Gasteiger partial charge in [-0.15, -0.1) is 0 Å². The van der Waals surface area contributed by atoms with Crippen molar-refractivity contribution in [3.63, 3.8) is 0 Å². The number of benzene rings is 3. The molecule has 0 N–H and O–H groups in total. The number of ether oxygens (including phenoxy) is 1. The van der Waals surface area contributed by atoms with Crippen LogP contribution in [0, 0.1) is 34.9 Å². The maximum atomic E-state index is 14.3. The van der Waals surface area contributed by atoms with Gasteiger partial charge in [0.2, 0.25) is 5.82 Å². The summed E-state index contributed by atoms with van der Waals surface area (Å²) in [6.45, 7) is 1.03. The Hall–Kier alpha value is -3.50. The quantitative estimate of drug-likeness (QED) is 0.147. The van der Waals surface area contributed by atoms with Crippen molar-refractivity contribution in [3.05, 3.63) is 98.0 Å². The van der Waals surface area contributed by atoms with E-state index in [4.69, 9.17) is 27.9 Å². The zero-order chi connectivity index (χ0) is 26.3. The molecule has 36 heavy (non-hydrogen) atoms. The highest BCUT2D eigenvalue weighted by molar-refractivity contribution is 6.36. The smallest absolute Gasteiger partial charge is 0.280 e. The molecular weight excluding hydrogens is 533 g/mol. The van der Waals surface area contributed by atoms with Crippen LogP contribution in [0.3, 0.4) is 0 Å². The van der Waals surface area contributed by atoms with Gasteiger partial charge in [0.1, 0.15) is 23.9 Å². The summed E-state index contributed by atoms with van der Waals surface area (Å²) in [5.41, 5.74) is -1.59. The van der Waals surface area contributed by atoms with E-state index in [2.05, 4.69) is 5.10 Å². The van der Waals surface area contributed by atoms with Gasteiger partial charge >= 0.3 is 0 Å². The largest absolute Gasteiger partial charge is 0.487 e. The van der Waals surface area contributed by atoms with Gasteiger partial charge in [0, 0.05) is 16.1 Å². The van der Waals surface area contributed by atoms with Crippen molar-refractivity contribution in [1.29, 1.82) is 0 Å². The molecule has 0 fully saturated rings. The van der Waals surface area contributed by atoms with E-state index in [0.717, 1.165) is 0 Å². The lowest BCUT2D eigenvalue weighted by molar-refractivity contribution is -0.114. The van der Waals surface area contributed by atoms with Gasteiger partial charge < -0.3 is 4.74 Å². The van der Waals surface area contributed by atoms with Gasteiger partial charge in [-0.1, -0.05) is 41.4 Å². The van der Waals surface area contributed by atoms with E-state index in [1.165, 1.54) is 43.3 Å². The Morgan fingerprint density at radius 3 is 2.19 bits per heavy atom. The standard InChI is InChI=1S/C24H12Cl2F6N2O2/c1-10-14(24(35)34(33-10)22-20(31)18(29)17(28)19(30)21(22)32)7-12-6-13(25)8-15(26)23(12)36-9-11-4-2-3-5-16(11)27/h2-8H,9H2,1H3/b14-7-. The van der Waals surface area contributed by atoms with Gasteiger partial charge in [0.25, 0.3) is 5.91 Å². The highest BCUT2D eigenvalue weighted by Gasteiger charge is 2.37. The number of anilines is 1. The molecule has 1 aliphatic heterocycles. The summed E-state index contributed by atoms with van der Waals surface area (Å²) in [5.74, 6) is -13.0. The van der Waals surface area contributed by atoms with Crippen molar-refractivity contribution >= 4 is 46.6 Å². The molecule has 0 aliphatic carbocycles. The van der Waals surface area contributed by atoms with Crippen LogP contribution in [0.2, 0.25) is 10.0 Å². The minimum atomic E-state index is -2.37. The Morgan fingerprint density at radius 2 is 1.56 bits per heavy atom. The zero-order valence-electron chi connectivity index (χ0n) is 18.0. The van der Waals surface area contributed by atoms with E-state index in [-0.39, 0.29) is 49.8 Å². The Kier molecular flexibility index (Phi) is 7.01. The number of carbonyl (C=O) groups excluding carboxylic acids is 1. The average Bonchev–Trinajstić information content (AvgIpc) is 3.10. The predicted octanol–water partition coefficient (Wildman–Crippen LogP) is 7.21. The summed E-state index contributed by atoms with van der Waals surface area (Å²) >= 11 is 12.3. The molecule has 1 amide bonds. The maximum absolute atomic E-state index is 14.3. The number of rotatable bonds is 5. The topological polar surface area (TPSA) is 41.9 Å². The second-order valence-electron chi connectivity index (χ2n) is 7.46. The zero-order valence-corrected chi connectivity index (χ0v) is 19.5. The molecule has 3 aromatic rings. The molecule has 0 bridgehead atoms. The van der Waals surface area contributed by atoms with Crippen molar-refractivity contribution in [1.82, 2.24) is 0 Å². The summed E-state index contributed by atoms with van der Waals surface area (Å²) < 4.78 is 89.0. The summed E-state index contributed by atoms with van der Waals surface area (Å²) in [4.78, 5) is 13.0. The third-order valence-corrected chi connectivity index (χ3v) is 5.63. The minimum Gasteiger partial charge on any atom is -0.487 e. The molecule has 0 unspecified atom stereocenters. The first-order valence-electron chi connectivity index (χ1n) is 9.99. The van der Waals surface area contributed by atoms with Gasteiger partial charge in [-0.25, -0.2) is 26.3 Å². The number of hydrogen-bond acceptors (Lipinski definition) is 3. The van der Waals surface area contributed by atoms with Crippen molar-refractivity contribution in [3.8, 4) is 5.75 Å². The van der Waals surface area contributed by atoms with Gasteiger partial charge in [-0.2, -0.15) is 10.1 Å². The lowest BCUT2D eigenvalue weighted by Crippen LogP contribution is -2.25. The maximum Gasteiger partial charge on any atom is 0.280 e. The second-order valence-corrected chi connectivity index (χ2v) is 8.31. The molecular formula is C24H12Cl2F6N2O2. The number of amides is 1. The van der Waals surface area contributed by atoms with E-state index in [9.17, 15) is 31.1 Å². The molecule has 0 aromatic heterocycles. The highest BCUT2D eigenvalue weighted by atomic mass is 35.5. The van der Waals surface area contributed by atoms with Crippen LogP contribution in [-0.2, 0) is 11.4 Å². The predicted molar refractivity (Wildman–Crippen MR) is 122 cm³/mol. The first-order chi connectivity index (χ1) is 17.0. The average molecular weight is 545 g/mol. The van der Waals surface area contributed by atoms with Crippen LogP contribution in [-0.4, -0.2) is 11.6 Å². The van der Waals surface area contributed by atoms with Gasteiger partial charge in [0.05, 0.1) is 16.3 Å². The lowest BCUT2D eigenvalue weighted by Gasteiger charge is -2.15. The first-order valence-corrected chi connectivity index (χ1v) is 10.7. The van der Waals surface area contributed by atoms with Gasteiger partial charge in [0.15, 0.2) is 23.3 Å². The molecule has 1 aliphatic rings. The summed E-state index contributed by atoms with van der Waals surface area (Å²) in [7, 11) is 0. The normalized spacial score (nSPS) is 14.6. The fraction of sp³-hybridized carbons (Fsp3) is 0.0833. The van der Waals surface area contributed by atoms with Gasteiger partial charge in [-0.3, -0.25) is 4.79 Å². The third kappa shape index (κ3) is 4.54. The molecule has 4 rings (SSSR count).